The number of hydrogen-bond acceptors (Lipinski definition) is 2. The van der Waals surface area contributed by atoms with Gasteiger partial charge in [0.1, 0.15) is 11.6 Å². The van der Waals surface area contributed by atoms with Gasteiger partial charge in [-0.05, 0) is 64.8 Å². The smallest absolute Gasteiger partial charge is 0.171 e. The Morgan fingerprint density at radius 2 is 2.05 bits per heavy atom. The highest BCUT2D eigenvalue weighted by Crippen LogP contribution is 2.22. The normalized spacial score (nSPS) is 10.3. The van der Waals surface area contributed by atoms with Gasteiger partial charge in [-0.15, -0.1) is 0 Å². The van der Waals surface area contributed by atoms with Crippen molar-refractivity contribution in [2.24, 2.45) is 0 Å². The summed E-state index contributed by atoms with van der Waals surface area (Å²) in [6.07, 6.45) is 3.30. The molecule has 0 unspecified atom stereocenters. The van der Waals surface area contributed by atoms with Crippen LogP contribution in [0, 0.1) is 5.82 Å². The summed E-state index contributed by atoms with van der Waals surface area (Å²) >= 11 is 14.4. The Hall–Kier alpha value is -1.24. The van der Waals surface area contributed by atoms with Crippen LogP contribution in [0.5, 0.6) is 0 Å². The maximum atomic E-state index is 12.8. The second kappa shape index (κ2) is 8.41. The zero-order valence-corrected chi connectivity index (χ0v) is 14.7. The van der Waals surface area contributed by atoms with E-state index >= 15 is 0 Å². The molecule has 0 radical (unpaired) electrons. The summed E-state index contributed by atoms with van der Waals surface area (Å²) in [4.78, 5) is 4.15. The van der Waals surface area contributed by atoms with Crippen molar-refractivity contribution in [2.45, 2.75) is 12.8 Å². The SMILES string of the molecule is Fc1ccc(CCCNC(=S)Nc2ncc(Cl)cc2Br)cc1. The van der Waals surface area contributed by atoms with Gasteiger partial charge in [0.15, 0.2) is 5.11 Å². The lowest BCUT2D eigenvalue weighted by Gasteiger charge is -2.11. The predicted octanol–water partition coefficient (Wildman–Crippen LogP) is 4.56. The van der Waals surface area contributed by atoms with Crippen LogP contribution in [0.15, 0.2) is 41.0 Å². The number of rotatable bonds is 5. The number of nitrogens with zero attached hydrogens (tertiary/aromatic N) is 1. The number of anilines is 1. The number of aromatic nitrogens is 1. The Balaban J connectivity index is 1.72. The number of halogens is 3. The maximum Gasteiger partial charge on any atom is 0.171 e. The van der Waals surface area contributed by atoms with Gasteiger partial charge in [0.2, 0.25) is 0 Å². The van der Waals surface area contributed by atoms with Gasteiger partial charge < -0.3 is 10.6 Å². The van der Waals surface area contributed by atoms with Gasteiger partial charge in [-0.3, -0.25) is 0 Å². The van der Waals surface area contributed by atoms with Crippen molar-refractivity contribution in [2.75, 3.05) is 11.9 Å². The second-order valence-corrected chi connectivity index (χ2v) is 6.29. The first-order chi connectivity index (χ1) is 10.5. The molecule has 0 amide bonds. The van der Waals surface area contributed by atoms with E-state index in [4.69, 9.17) is 23.8 Å². The average Bonchev–Trinajstić information content (AvgIpc) is 2.48. The van der Waals surface area contributed by atoms with Gasteiger partial charge in [0.05, 0.1) is 9.50 Å². The molecule has 22 heavy (non-hydrogen) atoms. The van der Waals surface area contributed by atoms with E-state index in [1.165, 1.54) is 12.1 Å². The van der Waals surface area contributed by atoms with Gasteiger partial charge in [-0.2, -0.15) is 0 Å². The van der Waals surface area contributed by atoms with Crippen LogP contribution in [0.2, 0.25) is 5.02 Å². The predicted molar refractivity (Wildman–Crippen MR) is 95.9 cm³/mol. The molecular weight excluding hydrogens is 389 g/mol. The Bertz CT molecular complexity index is 652. The fourth-order valence-electron chi connectivity index (χ4n) is 1.80. The minimum atomic E-state index is -0.215. The quantitative estimate of drug-likeness (QED) is 0.568. The van der Waals surface area contributed by atoms with E-state index in [-0.39, 0.29) is 5.82 Å². The molecule has 0 aliphatic rings. The van der Waals surface area contributed by atoms with Crippen molar-refractivity contribution >= 4 is 50.7 Å². The molecule has 116 valence electrons. The van der Waals surface area contributed by atoms with Crippen molar-refractivity contribution in [3.63, 3.8) is 0 Å². The molecule has 2 aromatic rings. The first-order valence-electron chi connectivity index (χ1n) is 6.65. The van der Waals surface area contributed by atoms with E-state index in [0.29, 0.717) is 22.5 Å². The van der Waals surface area contributed by atoms with E-state index in [1.54, 1.807) is 24.4 Å². The highest BCUT2D eigenvalue weighted by molar-refractivity contribution is 9.10. The van der Waals surface area contributed by atoms with Crippen LogP contribution in [0.1, 0.15) is 12.0 Å². The van der Waals surface area contributed by atoms with Crippen LogP contribution in [-0.4, -0.2) is 16.6 Å². The van der Waals surface area contributed by atoms with Crippen molar-refractivity contribution < 1.29 is 4.39 Å². The lowest BCUT2D eigenvalue weighted by atomic mass is 10.1. The largest absolute Gasteiger partial charge is 0.362 e. The molecule has 0 aliphatic heterocycles. The summed E-state index contributed by atoms with van der Waals surface area (Å²) in [5.41, 5.74) is 1.10. The fraction of sp³-hybridized carbons (Fsp3) is 0.200. The first kappa shape index (κ1) is 17.1. The van der Waals surface area contributed by atoms with Crippen molar-refractivity contribution in [1.82, 2.24) is 10.3 Å². The van der Waals surface area contributed by atoms with Gasteiger partial charge in [-0.1, -0.05) is 23.7 Å². The van der Waals surface area contributed by atoms with Gasteiger partial charge in [0.25, 0.3) is 0 Å². The standard InChI is InChI=1S/C15H14BrClFN3S/c16-13-8-11(17)9-20-14(13)21-15(22)19-7-1-2-10-3-5-12(18)6-4-10/h3-6,8-9H,1-2,7H2,(H2,19,20,21,22). The third-order valence-electron chi connectivity index (χ3n) is 2.88. The van der Waals surface area contributed by atoms with Gasteiger partial charge in [0, 0.05) is 12.7 Å². The fourth-order valence-corrected chi connectivity index (χ4v) is 2.74. The van der Waals surface area contributed by atoms with Gasteiger partial charge >= 0.3 is 0 Å². The zero-order chi connectivity index (χ0) is 15.9. The lowest BCUT2D eigenvalue weighted by molar-refractivity contribution is 0.626. The molecular formula is C15H14BrClFN3S. The molecule has 0 saturated carbocycles. The molecule has 0 fully saturated rings. The molecule has 0 atom stereocenters. The van der Waals surface area contributed by atoms with Crippen LogP contribution in [0.3, 0.4) is 0 Å². The number of nitrogens with one attached hydrogen (secondary N) is 2. The van der Waals surface area contributed by atoms with E-state index in [0.717, 1.165) is 22.9 Å². The summed E-state index contributed by atoms with van der Waals surface area (Å²) in [5, 5.41) is 7.15. The summed E-state index contributed by atoms with van der Waals surface area (Å²) in [7, 11) is 0. The molecule has 0 saturated heterocycles. The van der Waals surface area contributed by atoms with Crippen molar-refractivity contribution in [3.8, 4) is 0 Å². The minimum absolute atomic E-state index is 0.215. The number of benzene rings is 1. The average molecular weight is 403 g/mol. The molecule has 1 aromatic carbocycles. The summed E-state index contributed by atoms with van der Waals surface area (Å²) in [5.74, 6) is 0.397. The Morgan fingerprint density at radius 3 is 2.73 bits per heavy atom. The third kappa shape index (κ3) is 5.51. The molecule has 0 aliphatic carbocycles. The summed E-state index contributed by atoms with van der Waals surface area (Å²) in [6, 6.07) is 8.27. The lowest BCUT2D eigenvalue weighted by Crippen LogP contribution is -2.30. The minimum Gasteiger partial charge on any atom is -0.362 e. The molecule has 1 aromatic heterocycles. The molecule has 2 rings (SSSR count). The molecule has 3 nitrogen and oxygen atoms in total. The van der Waals surface area contributed by atoms with E-state index in [2.05, 4.69) is 31.5 Å². The number of hydrogen-bond donors (Lipinski definition) is 2. The maximum absolute atomic E-state index is 12.8. The van der Waals surface area contributed by atoms with Crippen molar-refractivity contribution in [3.05, 3.63) is 57.4 Å². The topological polar surface area (TPSA) is 37.0 Å². The summed E-state index contributed by atoms with van der Waals surface area (Å²) < 4.78 is 13.5. The Morgan fingerprint density at radius 1 is 1.32 bits per heavy atom. The number of pyridine rings is 1. The van der Waals surface area contributed by atoms with Crippen molar-refractivity contribution in [1.29, 1.82) is 0 Å². The van der Waals surface area contributed by atoms with Crippen LogP contribution in [0.25, 0.3) is 0 Å². The number of thiocarbonyl (C=S) groups is 1. The summed E-state index contributed by atoms with van der Waals surface area (Å²) in [6.45, 7) is 0.717. The monoisotopic (exact) mass is 401 g/mol. The van der Waals surface area contributed by atoms with E-state index in [9.17, 15) is 4.39 Å². The molecule has 1 heterocycles. The van der Waals surface area contributed by atoms with Crippen LogP contribution in [0.4, 0.5) is 10.2 Å². The zero-order valence-electron chi connectivity index (χ0n) is 11.6. The highest BCUT2D eigenvalue weighted by Gasteiger charge is 2.04. The second-order valence-electron chi connectivity index (χ2n) is 4.59. The highest BCUT2D eigenvalue weighted by atomic mass is 79.9. The van der Waals surface area contributed by atoms with Gasteiger partial charge in [-0.25, -0.2) is 9.37 Å². The first-order valence-corrected chi connectivity index (χ1v) is 8.23. The van der Waals surface area contributed by atoms with E-state index < -0.39 is 0 Å². The van der Waals surface area contributed by atoms with Crippen LogP contribution < -0.4 is 10.6 Å². The molecule has 2 N–H and O–H groups in total. The van der Waals surface area contributed by atoms with E-state index in [1.807, 2.05) is 0 Å². The van der Waals surface area contributed by atoms with Crippen LogP contribution in [-0.2, 0) is 6.42 Å². The molecule has 7 heteroatoms. The Kier molecular flexibility index (Phi) is 6.54. The molecule has 0 spiro atoms. The third-order valence-corrected chi connectivity index (χ3v) is 3.94. The van der Waals surface area contributed by atoms with Crippen LogP contribution >= 0.6 is 39.7 Å². The number of aryl methyl sites for hydroxylation is 1. The Labute approximate surface area is 147 Å². The molecule has 0 bridgehead atoms.